The van der Waals surface area contributed by atoms with Crippen LogP contribution < -0.4 is 4.90 Å². The smallest absolute Gasteiger partial charge is 0.358 e. The molecular formula is C10H13N3O2. The molecule has 2 rings (SSSR count). The van der Waals surface area contributed by atoms with Gasteiger partial charge in [0.1, 0.15) is 0 Å². The van der Waals surface area contributed by atoms with Crippen molar-refractivity contribution in [2.45, 2.75) is 12.8 Å². The Balaban J connectivity index is 2.21. The van der Waals surface area contributed by atoms with E-state index in [2.05, 4.69) is 19.8 Å². The van der Waals surface area contributed by atoms with Crippen molar-refractivity contribution in [1.82, 2.24) is 10.2 Å². The zero-order valence-corrected chi connectivity index (χ0v) is 8.64. The van der Waals surface area contributed by atoms with E-state index < -0.39 is 5.97 Å². The molecule has 0 unspecified atom stereocenters. The molecular weight excluding hydrogens is 194 g/mol. The van der Waals surface area contributed by atoms with Crippen molar-refractivity contribution in [3.8, 4) is 0 Å². The minimum Gasteiger partial charge on any atom is -0.464 e. The van der Waals surface area contributed by atoms with Crippen LogP contribution in [0.1, 0.15) is 23.3 Å². The van der Waals surface area contributed by atoms with Crippen LogP contribution in [0.15, 0.2) is 12.3 Å². The van der Waals surface area contributed by atoms with Gasteiger partial charge in [-0.1, -0.05) is 0 Å². The second-order valence-corrected chi connectivity index (χ2v) is 3.48. The number of hydrogen-bond acceptors (Lipinski definition) is 5. The van der Waals surface area contributed by atoms with Crippen molar-refractivity contribution in [3.63, 3.8) is 0 Å². The van der Waals surface area contributed by atoms with Gasteiger partial charge in [-0.05, 0) is 18.9 Å². The fraction of sp³-hybridized carbons (Fsp3) is 0.500. The summed E-state index contributed by atoms with van der Waals surface area (Å²) in [5, 5.41) is 7.54. The van der Waals surface area contributed by atoms with Crippen LogP contribution in [-0.2, 0) is 4.74 Å². The normalized spacial score (nSPS) is 15.4. The third kappa shape index (κ3) is 2.06. The Morgan fingerprint density at radius 3 is 2.87 bits per heavy atom. The number of hydrogen-bond donors (Lipinski definition) is 0. The number of anilines is 1. The van der Waals surface area contributed by atoms with Gasteiger partial charge >= 0.3 is 5.97 Å². The Morgan fingerprint density at radius 1 is 1.47 bits per heavy atom. The van der Waals surface area contributed by atoms with Crippen molar-refractivity contribution >= 4 is 11.7 Å². The quantitative estimate of drug-likeness (QED) is 0.673. The highest BCUT2D eigenvalue weighted by Gasteiger charge is 2.15. The lowest BCUT2D eigenvalue weighted by atomic mass is 10.3. The Morgan fingerprint density at radius 2 is 2.20 bits per heavy atom. The van der Waals surface area contributed by atoms with E-state index in [-0.39, 0.29) is 5.69 Å². The highest BCUT2D eigenvalue weighted by Crippen LogP contribution is 2.19. The van der Waals surface area contributed by atoms with Crippen molar-refractivity contribution < 1.29 is 9.53 Å². The van der Waals surface area contributed by atoms with E-state index in [9.17, 15) is 4.79 Å². The molecule has 1 saturated heterocycles. The molecule has 15 heavy (non-hydrogen) atoms. The van der Waals surface area contributed by atoms with Crippen LogP contribution in [-0.4, -0.2) is 36.4 Å². The third-order valence-electron chi connectivity index (χ3n) is 2.51. The van der Waals surface area contributed by atoms with Crippen LogP contribution in [0.4, 0.5) is 5.69 Å². The molecule has 0 atom stereocenters. The molecule has 5 heteroatoms. The average molecular weight is 207 g/mol. The highest BCUT2D eigenvalue weighted by molar-refractivity contribution is 5.87. The molecule has 5 nitrogen and oxygen atoms in total. The van der Waals surface area contributed by atoms with Gasteiger partial charge in [-0.25, -0.2) is 4.79 Å². The van der Waals surface area contributed by atoms with Gasteiger partial charge in [0.25, 0.3) is 0 Å². The van der Waals surface area contributed by atoms with Gasteiger partial charge in [-0.3, -0.25) is 0 Å². The van der Waals surface area contributed by atoms with Crippen LogP contribution >= 0.6 is 0 Å². The molecule has 1 aliphatic rings. The SMILES string of the molecule is COC(=O)c1cc(N2CCCC2)cnn1. The van der Waals surface area contributed by atoms with Crippen LogP contribution in [0, 0.1) is 0 Å². The largest absolute Gasteiger partial charge is 0.464 e. The molecule has 80 valence electrons. The van der Waals surface area contributed by atoms with E-state index in [1.54, 1.807) is 12.3 Å². The van der Waals surface area contributed by atoms with Crippen molar-refractivity contribution in [2.24, 2.45) is 0 Å². The molecule has 1 fully saturated rings. The third-order valence-corrected chi connectivity index (χ3v) is 2.51. The summed E-state index contributed by atoms with van der Waals surface area (Å²) in [6.45, 7) is 2.04. The molecule has 1 aromatic heterocycles. The van der Waals surface area contributed by atoms with E-state index in [0.717, 1.165) is 18.8 Å². The standard InChI is InChI=1S/C10H13N3O2/c1-15-10(14)9-6-8(7-11-12-9)13-4-2-3-5-13/h6-7H,2-5H2,1H3. The zero-order valence-electron chi connectivity index (χ0n) is 8.64. The summed E-state index contributed by atoms with van der Waals surface area (Å²) >= 11 is 0. The first-order valence-corrected chi connectivity index (χ1v) is 4.97. The number of ether oxygens (including phenoxy) is 1. The maximum Gasteiger partial charge on any atom is 0.358 e. The van der Waals surface area contributed by atoms with Crippen LogP contribution in [0.5, 0.6) is 0 Å². The van der Waals surface area contributed by atoms with E-state index in [1.807, 2.05) is 0 Å². The molecule has 0 spiro atoms. The van der Waals surface area contributed by atoms with Gasteiger partial charge in [0, 0.05) is 13.1 Å². The second-order valence-electron chi connectivity index (χ2n) is 3.48. The fourth-order valence-corrected chi connectivity index (χ4v) is 1.71. The first-order chi connectivity index (χ1) is 7.31. The number of nitrogens with zero attached hydrogens (tertiary/aromatic N) is 3. The van der Waals surface area contributed by atoms with E-state index in [1.165, 1.54) is 20.0 Å². The summed E-state index contributed by atoms with van der Waals surface area (Å²) in [7, 11) is 1.34. The highest BCUT2D eigenvalue weighted by atomic mass is 16.5. The molecule has 2 heterocycles. The molecule has 0 N–H and O–H groups in total. The summed E-state index contributed by atoms with van der Waals surface area (Å²) < 4.78 is 4.59. The number of rotatable bonds is 2. The van der Waals surface area contributed by atoms with Crippen molar-refractivity contribution in [1.29, 1.82) is 0 Å². The van der Waals surface area contributed by atoms with Crippen LogP contribution in [0.2, 0.25) is 0 Å². The van der Waals surface area contributed by atoms with Gasteiger partial charge in [-0.15, -0.1) is 5.10 Å². The minimum atomic E-state index is -0.441. The summed E-state index contributed by atoms with van der Waals surface area (Å²) in [5.74, 6) is -0.441. The van der Waals surface area contributed by atoms with Crippen molar-refractivity contribution in [2.75, 3.05) is 25.1 Å². The van der Waals surface area contributed by atoms with Gasteiger partial charge in [0.2, 0.25) is 0 Å². The Hall–Kier alpha value is -1.65. The molecule has 0 amide bonds. The van der Waals surface area contributed by atoms with Gasteiger partial charge in [-0.2, -0.15) is 5.10 Å². The van der Waals surface area contributed by atoms with Gasteiger partial charge < -0.3 is 9.64 Å². The Kier molecular flexibility index (Phi) is 2.80. The molecule has 0 saturated carbocycles. The minimum absolute atomic E-state index is 0.266. The van der Waals surface area contributed by atoms with Crippen molar-refractivity contribution in [3.05, 3.63) is 18.0 Å². The lowest BCUT2D eigenvalue weighted by Gasteiger charge is -2.16. The van der Waals surface area contributed by atoms with E-state index >= 15 is 0 Å². The van der Waals surface area contributed by atoms with E-state index in [0.29, 0.717) is 0 Å². The molecule has 1 aliphatic heterocycles. The van der Waals surface area contributed by atoms with E-state index in [4.69, 9.17) is 0 Å². The predicted molar refractivity (Wildman–Crippen MR) is 54.8 cm³/mol. The second kappa shape index (κ2) is 4.25. The molecule has 1 aromatic rings. The van der Waals surface area contributed by atoms with Crippen LogP contribution in [0.3, 0.4) is 0 Å². The van der Waals surface area contributed by atoms with Gasteiger partial charge in [0.05, 0.1) is 19.0 Å². The molecule has 0 aliphatic carbocycles. The summed E-state index contributed by atoms with van der Waals surface area (Å²) in [6.07, 6.45) is 4.06. The summed E-state index contributed by atoms with van der Waals surface area (Å²) in [6, 6.07) is 1.73. The first kappa shape index (κ1) is 9.89. The summed E-state index contributed by atoms with van der Waals surface area (Å²) in [4.78, 5) is 13.4. The topological polar surface area (TPSA) is 55.3 Å². The Bertz CT molecular complexity index is 361. The molecule has 0 radical (unpaired) electrons. The number of methoxy groups -OCH3 is 1. The maximum absolute atomic E-state index is 11.2. The number of carbonyl (C=O) groups is 1. The fourth-order valence-electron chi connectivity index (χ4n) is 1.71. The maximum atomic E-state index is 11.2. The number of esters is 1. The number of carbonyl (C=O) groups excluding carboxylic acids is 1. The predicted octanol–water partition coefficient (Wildman–Crippen LogP) is 0.863. The average Bonchev–Trinajstić information content (AvgIpc) is 2.82. The first-order valence-electron chi connectivity index (χ1n) is 4.97. The number of aromatic nitrogens is 2. The summed E-state index contributed by atoms with van der Waals surface area (Å²) in [5.41, 5.74) is 1.21. The molecule has 0 aromatic carbocycles. The van der Waals surface area contributed by atoms with Crippen LogP contribution in [0.25, 0.3) is 0 Å². The zero-order chi connectivity index (χ0) is 10.7. The lowest BCUT2D eigenvalue weighted by molar-refractivity contribution is 0.0592. The monoisotopic (exact) mass is 207 g/mol. The lowest BCUT2D eigenvalue weighted by Crippen LogP contribution is -2.19. The Labute approximate surface area is 88.1 Å². The van der Waals surface area contributed by atoms with Gasteiger partial charge in [0.15, 0.2) is 5.69 Å². The molecule has 0 bridgehead atoms.